The summed E-state index contributed by atoms with van der Waals surface area (Å²) < 4.78 is 1.54. The average molecular weight is 280 g/mol. The molecule has 102 valence electrons. The molecule has 1 N–H and O–H groups in total. The normalized spacial score (nSPS) is 17.9. The fraction of sp³-hybridized carbons (Fsp3) is 0.583. The van der Waals surface area contributed by atoms with Crippen molar-refractivity contribution in [2.45, 2.75) is 38.6 Å². The Kier molecular flexibility index (Phi) is 3.14. The highest BCUT2D eigenvalue weighted by atomic mass is 32.1. The van der Waals surface area contributed by atoms with Gasteiger partial charge in [-0.15, -0.1) is 0 Å². The van der Waals surface area contributed by atoms with E-state index in [0.717, 1.165) is 0 Å². The molecule has 1 fully saturated rings. The zero-order valence-corrected chi connectivity index (χ0v) is 11.5. The van der Waals surface area contributed by atoms with Crippen LogP contribution in [0.1, 0.15) is 32.6 Å². The summed E-state index contributed by atoms with van der Waals surface area (Å²) in [6.45, 7) is 2.09. The van der Waals surface area contributed by atoms with Crippen molar-refractivity contribution in [3.8, 4) is 0 Å². The summed E-state index contributed by atoms with van der Waals surface area (Å²) in [5.41, 5.74) is 0. The summed E-state index contributed by atoms with van der Waals surface area (Å²) >= 11 is 1.41. The second kappa shape index (κ2) is 4.80. The Balaban J connectivity index is 1.89. The highest BCUT2D eigenvalue weighted by molar-refractivity contribution is 7.15. The van der Waals surface area contributed by atoms with Gasteiger partial charge in [0.2, 0.25) is 5.82 Å². The maximum absolute atomic E-state index is 11.2. The SMILES string of the molecule is CC(Nc1nc2sccn2c1[N+](=O)[O-])C1CCCC1. The van der Waals surface area contributed by atoms with Crippen molar-refractivity contribution in [2.75, 3.05) is 5.32 Å². The maximum atomic E-state index is 11.2. The maximum Gasteiger partial charge on any atom is 0.372 e. The number of imidazole rings is 1. The number of nitrogens with zero attached hydrogens (tertiary/aromatic N) is 3. The molecule has 19 heavy (non-hydrogen) atoms. The van der Waals surface area contributed by atoms with Crippen molar-refractivity contribution in [3.05, 3.63) is 21.7 Å². The molecule has 2 heterocycles. The minimum Gasteiger partial charge on any atom is -0.360 e. The smallest absolute Gasteiger partial charge is 0.360 e. The Morgan fingerprint density at radius 1 is 1.58 bits per heavy atom. The van der Waals surface area contributed by atoms with Gasteiger partial charge in [0, 0.05) is 11.4 Å². The van der Waals surface area contributed by atoms with E-state index < -0.39 is 0 Å². The summed E-state index contributed by atoms with van der Waals surface area (Å²) in [5.74, 6) is 1.04. The minimum atomic E-state index is -0.365. The van der Waals surface area contributed by atoms with Crippen LogP contribution in [0.2, 0.25) is 0 Å². The molecule has 0 saturated heterocycles. The molecule has 2 aromatic rings. The van der Waals surface area contributed by atoms with Crippen molar-refractivity contribution in [2.24, 2.45) is 5.92 Å². The molecule has 0 radical (unpaired) electrons. The third-order valence-electron chi connectivity index (χ3n) is 3.88. The molecule has 0 aromatic carbocycles. The van der Waals surface area contributed by atoms with Gasteiger partial charge in [-0.3, -0.25) is 0 Å². The summed E-state index contributed by atoms with van der Waals surface area (Å²) in [7, 11) is 0. The van der Waals surface area contributed by atoms with Gasteiger partial charge in [-0.1, -0.05) is 24.2 Å². The Bertz CT molecular complexity index is 600. The highest BCUT2D eigenvalue weighted by Crippen LogP contribution is 2.32. The van der Waals surface area contributed by atoms with Crippen molar-refractivity contribution in [1.29, 1.82) is 0 Å². The summed E-state index contributed by atoms with van der Waals surface area (Å²) in [4.78, 5) is 15.8. The lowest BCUT2D eigenvalue weighted by Gasteiger charge is -2.19. The van der Waals surface area contributed by atoms with Crippen LogP contribution in [-0.2, 0) is 0 Å². The summed E-state index contributed by atoms with van der Waals surface area (Å²) in [5, 5.41) is 16.3. The van der Waals surface area contributed by atoms with Crippen LogP contribution in [-0.4, -0.2) is 20.3 Å². The first-order valence-electron chi connectivity index (χ1n) is 6.53. The van der Waals surface area contributed by atoms with E-state index in [1.807, 2.05) is 0 Å². The van der Waals surface area contributed by atoms with Crippen LogP contribution >= 0.6 is 11.3 Å². The lowest BCUT2D eigenvalue weighted by molar-refractivity contribution is -0.389. The van der Waals surface area contributed by atoms with E-state index in [9.17, 15) is 10.1 Å². The van der Waals surface area contributed by atoms with Crippen LogP contribution in [0.4, 0.5) is 11.6 Å². The molecular weight excluding hydrogens is 264 g/mol. The number of anilines is 1. The van der Waals surface area contributed by atoms with E-state index in [1.54, 1.807) is 11.6 Å². The molecule has 0 spiro atoms. The summed E-state index contributed by atoms with van der Waals surface area (Å²) in [6, 6.07) is 0.228. The predicted molar refractivity (Wildman–Crippen MR) is 74.8 cm³/mol. The standard InChI is InChI=1S/C12H16N4O2S/c1-8(9-4-2-3-5-9)13-10-11(16(17)18)15-6-7-19-12(15)14-10/h6-9,13H,2-5H2,1H3. The Labute approximate surface area is 114 Å². The van der Waals surface area contributed by atoms with Gasteiger partial charge < -0.3 is 15.4 Å². The van der Waals surface area contributed by atoms with Gasteiger partial charge in [-0.25, -0.2) is 0 Å². The quantitative estimate of drug-likeness (QED) is 0.689. The number of thiazole rings is 1. The Hall–Kier alpha value is -1.63. The van der Waals surface area contributed by atoms with Gasteiger partial charge in [0.1, 0.15) is 6.20 Å². The number of nitro groups is 1. The van der Waals surface area contributed by atoms with Crippen LogP contribution in [0.25, 0.3) is 4.96 Å². The van der Waals surface area contributed by atoms with Gasteiger partial charge in [0.05, 0.1) is 0 Å². The monoisotopic (exact) mass is 280 g/mol. The zero-order valence-electron chi connectivity index (χ0n) is 10.7. The molecule has 0 bridgehead atoms. The summed E-state index contributed by atoms with van der Waals surface area (Å²) in [6.07, 6.45) is 6.61. The van der Waals surface area contributed by atoms with Crippen LogP contribution in [0.15, 0.2) is 11.6 Å². The molecule has 3 rings (SSSR count). The highest BCUT2D eigenvalue weighted by Gasteiger charge is 2.28. The number of nitrogens with one attached hydrogen (secondary N) is 1. The number of hydrogen-bond acceptors (Lipinski definition) is 5. The van der Waals surface area contributed by atoms with E-state index in [4.69, 9.17) is 0 Å². The lowest BCUT2D eigenvalue weighted by atomic mass is 10.00. The first kappa shape index (κ1) is 12.4. The molecule has 1 aliphatic carbocycles. The lowest BCUT2D eigenvalue weighted by Crippen LogP contribution is -2.24. The number of aromatic nitrogens is 2. The second-order valence-corrected chi connectivity index (χ2v) is 5.95. The molecule has 1 saturated carbocycles. The fourth-order valence-corrected chi connectivity index (χ4v) is 3.55. The first-order chi connectivity index (χ1) is 9.16. The van der Waals surface area contributed by atoms with Gasteiger partial charge in [0.25, 0.3) is 4.96 Å². The molecular formula is C12H16N4O2S. The molecule has 0 amide bonds. The van der Waals surface area contributed by atoms with Gasteiger partial charge >= 0.3 is 5.82 Å². The van der Waals surface area contributed by atoms with E-state index in [-0.39, 0.29) is 16.8 Å². The Morgan fingerprint density at radius 3 is 3.00 bits per heavy atom. The third kappa shape index (κ3) is 2.18. The van der Waals surface area contributed by atoms with Crippen molar-refractivity contribution in [1.82, 2.24) is 9.38 Å². The van der Waals surface area contributed by atoms with Crippen molar-refractivity contribution >= 4 is 27.9 Å². The molecule has 1 aliphatic rings. The largest absolute Gasteiger partial charge is 0.372 e. The number of rotatable bonds is 4. The first-order valence-corrected chi connectivity index (χ1v) is 7.41. The van der Waals surface area contributed by atoms with E-state index in [1.165, 1.54) is 41.4 Å². The topological polar surface area (TPSA) is 72.5 Å². The third-order valence-corrected chi connectivity index (χ3v) is 4.64. The Morgan fingerprint density at radius 2 is 2.32 bits per heavy atom. The molecule has 0 aliphatic heterocycles. The molecule has 1 unspecified atom stereocenters. The van der Waals surface area contributed by atoms with Crippen LogP contribution in [0, 0.1) is 16.0 Å². The van der Waals surface area contributed by atoms with Crippen molar-refractivity contribution in [3.63, 3.8) is 0 Å². The van der Waals surface area contributed by atoms with Crippen LogP contribution in [0.5, 0.6) is 0 Å². The van der Waals surface area contributed by atoms with Crippen LogP contribution < -0.4 is 5.32 Å². The van der Waals surface area contributed by atoms with Gasteiger partial charge in [-0.05, 0) is 30.6 Å². The molecule has 6 nitrogen and oxygen atoms in total. The van der Waals surface area contributed by atoms with Crippen molar-refractivity contribution < 1.29 is 4.92 Å². The average Bonchev–Trinajstić information content (AvgIpc) is 3.03. The van der Waals surface area contributed by atoms with E-state index >= 15 is 0 Å². The van der Waals surface area contributed by atoms with E-state index in [2.05, 4.69) is 17.2 Å². The molecule has 2 aromatic heterocycles. The predicted octanol–water partition coefficient (Wildman–Crippen LogP) is 3.29. The fourth-order valence-electron chi connectivity index (χ4n) is 2.84. The molecule has 1 atom stereocenters. The molecule has 7 heteroatoms. The number of hydrogen-bond donors (Lipinski definition) is 1. The van der Waals surface area contributed by atoms with E-state index in [0.29, 0.717) is 16.7 Å². The zero-order chi connectivity index (χ0) is 13.4. The van der Waals surface area contributed by atoms with Gasteiger partial charge in [0.15, 0.2) is 0 Å². The number of fused-ring (bicyclic) bond motifs is 1. The second-order valence-electron chi connectivity index (χ2n) is 5.07. The van der Waals surface area contributed by atoms with Gasteiger partial charge in [-0.2, -0.15) is 9.38 Å². The minimum absolute atomic E-state index is 0.0427. The van der Waals surface area contributed by atoms with Crippen LogP contribution in [0.3, 0.4) is 0 Å².